The minimum atomic E-state index is -1.03. The van der Waals surface area contributed by atoms with Gasteiger partial charge in [-0.3, -0.25) is 14.9 Å². The van der Waals surface area contributed by atoms with Crippen molar-refractivity contribution in [1.29, 1.82) is 0 Å². The molecule has 1 heterocycles. The van der Waals surface area contributed by atoms with E-state index in [-0.39, 0.29) is 18.5 Å². The monoisotopic (exact) mass is 491 g/mol. The van der Waals surface area contributed by atoms with E-state index in [1.807, 2.05) is 54.6 Å². The summed E-state index contributed by atoms with van der Waals surface area (Å²) >= 11 is 0. The molecule has 0 aliphatic rings. The molecule has 3 rings (SSSR count). The average Bonchev–Trinajstić information content (AvgIpc) is 3.38. The summed E-state index contributed by atoms with van der Waals surface area (Å²) < 4.78 is 0. The van der Waals surface area contributed by atoms with E-state index in [0.717, 1.165) is 16.7 Å². The topological polar surface area (TPSA) is 153 Å². The fourth-order valence-electron chi connectivity index (χ4n) is 3.83. The molecule has 0 spiro atoms. The van der Waals surface area contributed by atoms with Gasteiger partial charge in [-0.15, -0.1) is 0 Å². The number of amides is 1. The van der Waals surface area contributed by atoms with Crippen LogP contribution in [0.15, 0.2) is 79.4 Å². The number of carboxylic acid groups (broad SMARTS) is 1. The molecular formula is C27H33N5O4. The number of benzene rings is 2. The van der Waals surface area contributed by atoms with Crippen LogP contribution in [0.5, 0.6) is 0 Å². The number of hydrogen-bond donors (Lipinski definition) is 6. The van der Waals surface area contributed by atoms with Crippen molar-refractivity contribution in [2.24, 2.45) is 5.73 Å². The summed E-state index contributed by atoms with van der Waals surface area (Å²) in [4.78, 5) is 31.1. The van der Waals surface area contributed by atoms with Gasteiger partial charge in [-0.25, -0.2) is 4.98 Å². The van der Waals surface area contributed by atoms with Crippen LogP contribution in [0.25, 0.3) is 11.1 Å². The molecule has 3 atom stereocenters. The van der Waals surface area contributed by atoms with Crippen LogP contribution in [0.3, 0.4) is 0 Å². The van der Waals surface area contributed by atoms with Gasteiger partial charge in [0.05, 0.1) is 24.1 Å². The predicted octanol–water partition coefficient (Wildman–Crippen LogP) is 2.35. The van der Waals surface area contributed by atoms with Gasteiger partial charge in [-0.05, 0) is 36.0 Å². The Hall–Kier alpha value is -3.95. The van der Waals surface area contributed by atoms with Crippen LogP contribution in [-0.2, 0) is 22.4 Å². The van der Waals surface area contributed by atoms with E-state index in [9.17, 15) is 14.7 Å². The van der Waals surface area contributed by atoms with Crippen molar-refractivity contribution in [3.05, 3.63) is 90.7 Å². The number of nitrogens with one attached hydrogen (secondary N) is 3. The van der Waals surface area contributed by atoms with E-state index in [0.29, 0.717) is 25.0 Å². The van der Waals surface area contributed by atoms with Gasteiger partial charge >= 0.3 is 5.97 Å². The van der Waals surface area contributed by atoms with E-state index < -0.39 is 30.2 Å². The first-order chi connectivity index (χ1) is 17.3. The number of aryl methyl sites for hydroxylation is 1. The first kappa shape index (κ1) is 26.7. The van der Waals surface area contributed by atoms with Crippen molar-refractivity contribution >= 4 is 11.9 Å². The summed E-state index contributed by atoms with van der Waals surface area (Å²) in [5, 5.41) is 25.4. The molecule has 1 unspecified atom stereocenters. The number of aliphatic carboxylic acids is 1. The highest BCUT2D eigenvalue weighted by atomic mass is 16.4. The first-order valence-electron chi connectivity index (χ1n) is 11.8. The smallest absolute Gasteiger partial charge is 0.303 e. The molecule has 9 heteroatoms. The van der Waals surface area contributed by atoms with Crippen LogP contribution < -0.4 is 16.4 Å². The fraction of sp³-hybridized carbons (Fsp3) is 0.296. The zero-order valence-electron chi connectivity index (χ0n) is 20.1. The molecule has 0 fully saturated rings. The molecule has 190 valence electrons. The number of aromatic nitrogens is 2. The minimum Gasteiger partial charge on any atom is -0.481 e. The number of aliphatic hydroxyl groups excluding tert-OH is 1. The Morgan fingerprint density at radius 1 is 1.03 bits per heavy atom. The number of rotatable bonds is 14. The highest BCUT2D eigenvalue weighted by Crippen LogP contribution is 2.20. The maximum Gasteiger partial charge on any atom is 0.303 e. The lowest BCUT2D eigenvalue weighted by Crippen LogP contribution is -2.52. The SMILES string of the molecule is C=C(N)[C@H](Cc1c[nH]cn1)NC(=O)[C@H](CCC(=O)O)NC(O)CCc1ccc(-c2ccccc2)cc1. The van der Waals surface area contributed by atoms with Gasteiger partial charge in [-0.2, -0.15) is 0 Å². The Balaban J connectivity index is 1.57. The highest BCUT2D eigenvalue weighted by molar-refractivity contribution is 5.83. The van der Waals surface area contributed by atoms with Crippen LogP contribution in [-0.4, -0.2) is 50.4 Å². The molecule has 3 aromatic rings. The maximum absolute atomic E-state index is 13.0. The van der Waals surface area contributed by atoms with Gasteiger partial charge in [0.1, 0.15) is 6.23 Å². The van der Waals surface area contributed by atoms with Crippen molar-refractivity contribution in [3.63, 3.8) is 0 Å². The number of nitrogens with two attached hydrogens (primary N) is 1. The summed E-state index contributed by atoms with van der Waals surface area (Å²) in [6.45, 7) is 3.73. The van der Waals surface area contributed by atoms with Crippen LogP contribution in [0, 0.1) is 0 Å². The average molecular weight is 492 g/mol. The zero-order valence-corrected chi connectivity index (χ0v) is 20.1. The van der Waals surface area contributed by atoms with E-state index in [2.05, 4.69) is 27.2 Å². The second kappa shape index (κ2) is 13.2. The molecule has 1 aromatic heterocycles. The summed E-state index contributed by atoms with van der Waals surface area (Å²) in [5.41, 5.74) is 10.1. The number of carbonyl (C=O) groups is 2. The molecule has 0 aliphatic heterocycles. The van der Waals surface area contributed by atoms with Gasteiger partial charge in [0.25, 0.3) is 0 Å². The van der Waals surface area contributed by atoms with Crippen molar-refractivity contribution in [3.8, 4) is 11.1 Å². The van der Waals surface area contributed by atoms with Crippen molar-refractivity contribution < 1.29 is 19.8 Å². The molecule has 1 amide bonds. The lowest BCUT2D eigenvalue weighted by atomic mass is 10.0. The quantitative estimate of drug-likeness (QED) is 0.189. The summed E-state index contributed by atoms with van der Waals surface area (Å²) in [6.07, 6.45) is 3.25. The van der Waals surface area contributed by atoms with Gasteiger partial charge in [0, 0.05) is 24.7 Å². The van der Waals surface area contributed by atoms with Gasteiger partial charge in [-0.1, -0.05) is 61.2 Å². The van der Waals surface area contributed by atoms with Crippen LogP contribution >= 0.6 is 0 Å². The second-order valence-electron chi connectivity index (χ2n) is 8.67. The number of hydrogen-bond acceptors (Lipinski definition) is 6. The van der Waals surface area contributed by atoms with Gasteiger partial charge < -0.3 is 26.2 Å². The van der Waals surface area contributed by atoms with E-state index >= 15 is 0 Å². The standard InChI is InChI=1S/C27H33N5O4/c1-18(28)24(15-22-16-29-17-30-22)32-27(36)23(12-14-26(34)35)31-25(33)13-9-19-7-10-21(11-8-19)20-5-3-2-4-6-20/h2-8,10-11,16-17,23-25,31,33H,1,9,12-15,28H2,(H,29,30)(H,32,36)(H,34,35)/t23-,24-,25?/m0/s1. The molecular weight excluding hydrogens is 458 g/mol. The number of carbonyl (C=O) groups excluding carboxylic acids is 1. The third-order valence-corrected chi connectivity index (χ3v) is 5.86. The molecule has 0 saturated carbocycles. The zero-order chi connectivity index (χ0) is 25.9. The normalized spacial score (nSPS) is 13.5. The van der Waals surface area contributed by atoms with E-state index in [1.165, 1.54) is 6.33 Å². The Morgan fingerprint density at radius 3 is 2.33 bits per heavy atom. The predicted molar refractivity (Wildman–Crippen MR) is 138 cm³/mol. The molecule has 9 nitrogen and oxygen atoms in total. The maximum atomic E-state index is 13.0. The summed E-state index contributed by atoms with van der Waals surface area (Å²) in [7, 11) is 0. The Bertz CT molecular complexity index is 1120. The van der Waals surface area contributed by atoms with E-state index in [4.69, 9.17) is 10.8 Å². The van der Waals surface area contributed by atoms with Crippen LogP contribution in [0.2, 0.25) is 0 Å². The number of aliphatic hydroxyl groups is 1. The van der Waals surface area contributed by atoms with Crippen molar-refractivity contribution in [1.82, 2.24) is 20.6 Å². The van der Waals surface area contributed by atoms with Crippen LogP contribution in [0.1, 0.15) is 30.5 Å². The molecule has 2 aromatic carbocycles. The summed E-state index contributed by atoms with van der Waals surface area (Å²) in [5.74, 6) is -1.49. The Labute approximate surface area is 210 Å². The molecule has 0 bridgehead atoms. The lowest BCUT2D eigenvalue weighted by molar-refractivity contribution is -0.137. The van der Waals surface area contributed by atoms with E-state index in [1.54, 1.807) is 6.20 Å². The van der Waals surface area contributed by atoms with Gasteiger partial charge in [0.2, 0.25) is 5.91 Å². The Kier molecular flexibility index (Phi) is 9.79. The van der Waals surface area contributed by atoms with Crippen molar-refractivity contribution in [2.75, 3.05) is 0 Å². The molecule has 36 heavy (non-hydrogen) atoms. The lowest BCUT2D eigenvalue weighted by Gasteiger charge is -2.25. The largest absolute Gasteiger partial charge is 0.481 e. The third-order valence-electron chi connectivity index (χ3n) is 5.86. The molecule has 0 saturated heterocycles. The highest BCUT2D eigenvalue weighted by Gasteiger charge is 2.25. The third kappa shape index (κ3) is 8.37. The molecule has 7 N–H and O–H groups in total. The number of carboxylic acids is 1. The summed E-state index contributed by atoms with van der Waals surface area (Å²) in [6, 6.07) is 16.6. The number of aromatic amines is 1. The number of H-pyrrole nitrogens is 1. The van der Waals surface area contributed by atoms with Crippen LogP contribution in [0.4, 0.5) is 0 Å². The van der Waals surface area contributed by atoms with Gasteiger partial charge in [0.15, 0.2) is 0 Å². The van der Waals surface area contributed by atoms with Crippen molar-refractivity contribution in [2.45, 2.75) is 50.4 Å². The fourth-order valence-corrected chi connectivity index (χ4v) is 3.83. The number of imidazole rings is 1. The molecule has 0 aliphatic carbocycles. The first-order valence-corrected chi connectivity index (χ1v) is 11.8. The molecule has 0 radical (unpaired) electrons. The number of nitrogens with zero attached hydrogens (tertiary/aromatic N) is 1. The Morgan fingerprint density at radius 2 is 1.72 bits per heavy atom. The second-order valence-corrected chi connectivity index (χ2v) is 8.67. The minimum absolute atomic E-state index is 0.0101.